The maximum absolute atomic E-state index is 12.3. The lowest BCUT2D eigenvalue weighted by molar-refractivity contribution is 0.284. The monoisotopic (exact) mass is 277 g/mol. The van der Waals surface area contributed by atoms with Crippen molar-refractivity contribution in [3.63, 3.8) is 0 Å². The van der Waals surface area contributed by atoms with Gasteiger partial charge in [-0.05, 0) is 19.1 Å². The van der Waals surface area contributed by atoms with Crippen molar-refractivity contribution in [2.75, 3.05) is 19.6 Å². The van der Waals surface area contributed by atoms with Crippen LogP contribution in [-0.4, -0.2) is 43.4 Å². The highest BCUT2D eigenvalue weighted by Crippen LogP contribution is 2.17. The molecule has 0 bridgehead atoms. The molecule has 1 saturated heterocycles. The highest BCUT2D eigenvalue weighted by Gasteiger charge is 2.30. The second kappa shape index (κ2) is 5.77. The van der Waals surface area contributed by atoms with Gasteiger partial charge in [0, 0.05) is 38.1 Å². The lowest BCUT2D eigenvalue weighted by Gasteiger charge is -2.32. The molecular weight excluding hydrogens is 262 g/mol. The fourth-order valence-corrected chi connectivity index (χ4v) is 3.41. The minimum atomic E-state index is -3.38. The van der Waals surface area contributed by atoms with Crippen LogP contribution < -0.4 is 5.32 Å². The van der Waals surface area contributed by atoms with Crippen molar-refractivity contribution in [3.8, 4) is 0 Å². The molecule has 5 nitrogen and oxygen atoms in total. The molecule has 1 fully saturated rings. The Balaban J connectivity index is 0.00000144. The van der Waals surface area contributed by atoms with Crippen molar-refractivity contribution in [2.24, 2.45) is 0 Å². The van der Waals surface area contributed by atoms with E-state index in [1.54, 1.807) is 18.3 Å². The fourth-order valence-electron chi connectivity index (χ4n) is 1.81. The van der Waals surface area contributed by atoms with Crippen LogP contribution in [0.2, 0.25) is 0 Å². The van der Waals surface area contributed by atoms with Gasteiger partial charge in [-0.15, -0.1) is 12.4 Å². The van der Waals surface area contributed by atoms with E-state index in [4.69, 9.17) is 0 Å². The Labute approximate surface area is 108 Å². The summed E-state index contributed by atoms with van der Waals surface area (Å²) >= 11 is 0. The van der Waals surface area contributed by atoms with E-state index in [-0.39, 0.29) is 23.3 Å². The number of hydrogen-bond acceptors (Lipinski definition) is 4. The summed E-state index contributed by atoms with van der Waals surface area (Å²) in [5.74, 6) is 0. The van der Waals surface area contributed by atoms with Crippen molar-refractivity contribution < 1.29 is 8.42 Å². The predicted molar refractivity (Wildman–Crippen MR) is 67.7 cm³/mol. The van der Waals surface area contributed by atoms with Gasteiger partial charge in [-0.2, -0.15) is 4.31 Å². The van der Waals surface area contributed by atoms with Crippen molar-refractivity contribution >= 4 is 22.4 Å². The second-order valence-electron chi connectivity index (χ2n) is 3.86. The molecule has 1 aromatic heterocycles. The Hall–Kier alpha value is -0.690. The molecule has 0 saturated carbocycles. The minimum absolute atomic E-state index is 0. The molecule has 1 aliphatic heterocycles. The molecule has 2 heterocycles. The highest BCUT2D eigenvalue weighted by atomic mass is 35.5. The molecule has 0 radical (unpaired) electrons. The lowest BCUT2D eigenvalue weighted by atomic mass is 10.3. The summed E-state index contributed by atoms with van der Waals surface area (Å²) in [7, 11) is -3.38. The third kappa shape index (κ3) is 2.95. The van der Waals surface area contributed by atoms with Crippen LogP contribution in [0.25, 0.3) is 0 Å². The molecule has 0 unspecified atom stereocenters. The second-order valence-corrected chi connectivity index (χ2v) is 5.75. The number of pyridine rings is 1. The number of piperazine rings is 1. The topological polar surface area (TPSA) is 62.3 Å². The van der Waals surface area contributed by atoms with Gasteiger partial charge < -0.3 is 5.32 Å². The number of nitrogens with one attached hydrogen (secondary N) is 1. The van der Waals surface area contributed by atoms with Crippen LogP contribution in [0.15, 0.2) is 29.4 Å². The number of rotatable bonds is 2. The Morgan fingerprint density at radius 2 is 2.29 bits per heavy atom. The van der Waals surface area contributed by atoms with Gasteiger partial charge in [0.15, 0.2) is 0 Å². The van der Waals surface area contributed by atoms with Crippen molar-refractivity contribution in [2.45, 2.75) is 17.9 Å². The van der Waals surface area contributed by atoms with Crippen LogP contribution in [0.1, 0.15) is 6.92 Å². The SMILES string of the molecule is C[C@H]1CNCCN1S(=O)(=O)c1cccnc1.Cl. The van der Waals surface area contributed by atoms with E-state index in [2.05, 4.69) is 10.3 Å². The predicted octanol–water partition coefficient (Wildman–Crippen LogP) is 0.486. The first-order chi connectivity index (χ1) is 7.62. The standard InChI is InChI=1S/C10H15N3O2S.ClH/c1-9-7-12-5-6-13(9)16(14,15)10-3-2-4-11-8-10;/h2-4,8-9,12H,5-7H2,1H3;1H/t9-;/m0./s1. The molecule has 0 spiro atoms. The van der Waals surface area contributed by atoms with E-state index in [1.165, 1.54) is 10.5 Å². The summed E-state index contributed by atoms with van der Waals surface area (Å²) in [4.78, 5) is 4.12. The average molecular weight is 278 g/mol. The number of halogens is 1. The van der Waals surface area contributed by atoms with Crippen LogP contribution in [0.4, 0.5) is 0 Å². The Kier molecular flexibility index (Phi) is 4.88. The number of aromatic nitrogens is 1. The van der Waals surface area contributed by atoms with E-state index in [9.17, 15) is 8.42 Å². The number of hydrogen-bond donors (Lipinski definition) is 1. The van der Waals surface area contributed by atoms with Crippen molar-refractivity contribution in [3.05, 3.63) is 24.5 Å². The first-order valence-corrected chi connectivity index (χ1v) is 6.69. The summed E-state index contributed by atoms with van der Waals surface area (Å²) in [5, 5.41) is 3.17. The summed E-state index contributed by atoms with van der Waals surface area (Å²) in [6, 6.07) is 3.20. The zero-order valence-electron chi connectivity index (χ0n) is 9.54. The zero-order chi connectivity index (χ0) is 11.6. The molecule has 0 aliphatic carbocycles. The smallest absolute Gasteiger partial charge is 0.244 e. The normalized spacial score (nSPS) is 21.8. The van der Waals surface area contributed by atoms with Crippen LogP contribution >= 0.6 is 12.4 Å². The molecule has 7 heteroatoms. The summed E-state index contributed by atoms with van der Waals surface area (Å²) in [6.45, 7) is 3.81. The van der Waals surface area contributed by atoms with Crippen molar-refractivity contribution in [1.82, 2.24) is 14.6 Å². The van der Waals surface area contributed by atoms with E-state index in [1.807, 2.05) is 6.92 Å². The van der Waals surface area contributed by atoms with Crippen LogP contribution in [0, 0.1) is 0 Å². The van der Waals surface area contributed by atoms with E-state index < -0.39 is 10.0 Å². The van der Waals surface area contributed by atoms with Crippen LogP contribution in [0.5, 0.6) is 0 Å². The molecule has 1 atom stereocenters. The van der Waals surface area contributed by atoms with Gasteiger partial charge in [0.25, 0.3) is 0 Å². The van der Waals surface area contributed by atoms with Gasteiger partial charge in [0.2, 0.25) is 10.0 Å². The average Bonchev–Trinajstić information content (AvgIpc) is 2.30. The highest BCUT2D eigenvalue weighted by molar-refractivity contribution is 7.89. The van der Waals surface area contributed by atoms with Gasteiger partial charge >= 0.3 is 0 Å². The third-order valence-corrected chi connectivity index (χ3v) is 4.68. The molecule has 17 heavy (non-hydrogen) atoms. The molecule has 1 N–H and O–H groups in total. The maximum atomic E-state index is 12.3. The minimum Gasteiger partial charge on any atom is -0.314 e. The van der Waals surface area contributed by atoms with Crippen LogP contribution in [0.3, 0.4) is 0 Å². The number of nitrogens with zero attached hydrogens (tertiary/aromatic N) is 2. The maximum Gasteiger partial charge on any atom is 0.244 e. The van der Waals surface area contributed by atoms with Gasteiger partial charge in [0.1, 0.15) is 4.90 Å². The van der Waals surface area contributed by atoms with E-state index >= 15 is 0 Å². The van der Waals surface area contributed by atoms with Crippen LogP contribution in [-0.2, 0) is 10.0 Å². The molecule has 2 rings (SSSR count). The first kappa shape index (κ1) is 14.4. The largest absolute Gasteiger partial charge is 0.314 e. The van der Waals surface area contributed by atoms with E-state index in [0.717, 1.165) is 0 Å². The molecule has 96 valence electrons. The molecule has 0 amide bonds. The third-order valence-electron chi connectivity index (χ3n) is 2.68. The Bertz CT molecular complexity index is 452. The Morgan fingerprint density at radius 3 is 2.88 bits per heavy atom. The molecule has 1 aromatic rings. The quantitative estimate of drug-likeness (QED) is 0.854. The van der Waals surface area contributed by atoms with Gasteiger partial charge in [-0.3, -0.25) is 4.98 Å². The summed E-state index contributed by atoms with van der Waals surface area (Å²) in [6.07, 6.45) is 2.96. The Morgan fingerprint density at radius 1 is 1.53 bits per heavy atom. The molecule has 1 aliphatic rings. The van der Waals surface area contributed by atoms with Crippen molar-refractivity contribution in [1.29, 1.82) is 0 Å². The molecule has 0 aromatic carbocycles. The van der Waals surface area contributed by atoms with Gasteiger partial charge in [-0.1, -0.05) is 0 Å². The molecular formula is C10H16ClN3O2S. The lowest BCUT2D eigenvalue weighted by Crippen LogP contribution is -2.52. The van der Waals surface area contributed by atoms with Gasteiger partial charge in [-0.25, -0.2) is 8.42 Å². The summed E-state index contributed by atoms with van der Waals surface area (Å²) in [5.41, 5.74) is 0. The van der Waals surface area contributed by atoms with E-state index in [0.29, 0.717) is 19.6 Å². The fraction of sp³-hybridized carbons (Fsp3) is 0.500. The summed E-state index contributed by atoms with van der Waals surface area (Å²) < 4.78 is 26.0. The first-order valence-electron chi connectivity index (χ1n) is 5.25. The van der Waals surface area contributed by atoms with Gasteiger partial charge in [0.05, 0.1) is 0 Å². The number of sulfonamides is 1. The zero-order valence-corrected chi connectivity index (χ0v) is 11.2.